The minimum atomic E-state index is -1.53. The molecule has 252 valence electrons. The van der Waals surface area contributed by atoms with E-state index in [1.165, 1.54) is 11.8 Å². The molecule has 2 aliphatic carbocycles. The van der Waals surface area contributed by atoms with Crippen LogP contribution in [0.5, 0.6) is 5.75 Å². The first-order chi connectivity index (χ1) is 24.7. The SMILES string of the molecule is CCOc1ccc(C(C)=O)cc1N1C(=O)[C@@H]2[C@@H](C1=O)[C@@]1(c3ccccc3)C(=O)[C@@]2(c2ccccc2)C(c2ccc(C)cc2)=C1c1ccc(C)cc1. The molecule has 1 heterocycles. The Morgan fingerprint density at radius 2 is 1.10 bits per heavy atom. The van der Waals surface area contributed by atoms with Crippen molar-refractivity contribution in [3.05, 3.63) is 166 Å². The Labute approximate surface area is 297 Å². The van der Waals surface area contributed by atoms with Crippen LogP contribution in [0.4, 0.5) is 5.69 Å². The highest BCUT2D eigenvalue weighted by Crippen LogP contribution is 2.74. The third kappa shape index (κ3) is 4.35. The molecule has 6 heteroatoms. The van der Waals surface area contributed by atoms with E-state index in [0.29, 0.717) is 22.4 Å². The number of nitrogens with zero attached hydrogens (tertiary/aromatic N) is 1. The molecule has 0 unspecified atom stereocenters. The average molecular weight is 672 g/mol. The topological polar surface area (TPSA) is 80.8 Å². The molecule has 1 saturated carbocycles. The third-order valence-corrected chi connectivity index (χ3v) is 11.0. The molecule has 8 rings (SSSR count). The molecule has 2 bridgehead atoms. The van der Waals surface area contributed by atoms with Gasteiger partial charge in [0.25, 0.3) is 0 Å². The molecule has 0 radical (unpaired) electrons. The molecule has 51 heavy (non-hydrogen) atoms. The van der Waals surface area contributed by atoms with E-state index in [4.69, 9.17) is 4.74 Å². The van der Waals surface area contributed by atoms with Crippen LogP contribution in [0.25, 0.3) is 11.1 Å². The molecule has 2 amide bonds. The summed E-state index contributed by atoms with van der Waals surface area (Å²) in [6.07, 6.45) is 0. The van der Waals surface area contributed by atoms with Gasteiger partial charge in [-0.3, -0.25) is 19.2 Å². The first-order valence-electron chi connectivity index (χ1n) is 17.4. The number of ketones is 2. The Bertz CT molecular complexity index is 2150. The molecule has 1 saturated heterocycles. The van der Waals surface area contributed by atoms with Crippen LogP contribution in [0.2, 0.25) is 0 Å². The molecule has 5 aromatic carbocycles. The predicted molar refractivity (Wildman–Crippen MR) is 198 cm³/mol. The van der Waals surface area contributed by atoms with Gasteiger partial charge in [-0.2, -0.15) is 0 Å². The number of aryl methyl sites for hydroxylation is 2. The lowest BCUT2D eigenvalue weighted by Crippen LogP contribution is -2.45. The predicted octanol–water partition coefficient (Wildman–Crippen LogP) is 8.09. The summed E-state index contributed by atoms with van der Waals surface area (Å²) in [5.74, 6) is -3.22. The summed E-state index contributed by atoms with van der Waals surface area (Å²) in [4.78, 5) is 60.8. The molecule has 0 aromatic heterocycles. The zero-order chi connectivity index (χ0) is 35.7. The van der Waals surface area contributed by atoms with E-state index >= 15 is 14.4 Å². The lowest BCUT2D eigenvalue weighted by molar-refractivity contribution is -0.130. The van der Waals surface area contributed by atoms with Crippen molar-refractivity contribution in [3.8, 4) is 5.75 Å². The lowest BCUT2D eigenvalue weighted by atomic mass is 9.59. The smallest absolute Gasteiger partial charge is 0.239 e. The summed E-state index contributed by atoms with van der Waals surface area (Å²) in [5.41, 5.74) is 4.04. The second-order valence-electron chi connectivity index (χ2n) is 13.8. The van der Waals surface area contributed by atoms with Crippen molar-refractivity contribution in [1.29, 1.82) is 0 Å². The van der Waals surface area contributed by atoms with Crippen molar-refractivity contribution < 1.29 is 23.9 Å². The summed E-state index contributed by atoms with van der Waals surface area (Å²) in [5, 5.41) is 0. The van der Waals surface area contributed by atoms with E-state index in [0.717, 1.165) is 33.4 Å². The Morgan fingerprint density at radius 1 is 0.647 bits per heavy atom. The van der Waals surface area contributed by atoms with E-state index in [1.807, 2.05) is 130 Å². The van der Waals surface area contributed by atoms with Crippen molar-refractivity contribution in [1.82, 2.24) is 0 Å². The van der Waals surface area contributed by atoms with Crippen molar-refractivity contribution in [2.75, 3.05) is 11.5 Å². The van der Waals surface area contributed by atoms with Crippen LogP contribution in [0, 0.1) is 25.7 Å². The number of Topliss-reactive ketones (excluding diaryl/α,β-unsaturated/α-hetero) is 2. The van der Waals surface area contributed by atoms with Crippen molar-refractivity contribution in [3.63, 3.8) is 0 Å². The standard InChI is InChI=1S/C45H37NO5/c1-5-51-36-25-24-32(29(4)47)26-35(36)46-41(48)39-40(42(46)49)45(34-14-10-7-11-15-34)38(31-22-18-28(3)19-23-31)37(30-20-16-27(2)17-21-30)44(39,43(45)50)33-12-8-6-9-13-33/h6-26,39-40H,5H2,1-4H3/t39-,40-,44-,45-/m0/s1. The number of carbonyl (C=O) groups excluding carboxylic acids is 4. The number of anilines is 1. The first-order valence-corrected chi connectivity index (χ1v) is 17.4. The number of hydrogen-bond donors (Lipinski definition) is 0. The quantitative estimate of drug-likeness (QED) is 0.123. The molecule has 6 nitrogen and oxygen atoms in total. The Kier molecular flexibility index (Phi) is 7.53. The number of hydrogen-bond acceptors (Lipinski definition) is 5. The first kappa shape index (κ1) is 32.3. The number of rotatable bonds is 8. The Hall–Kier alpha value is -5.88. The summed E-state index contributed by atoms with van der Waals surface area (Å²) in [6.45, 7) is 7.58. The molecule has 2 fully saturated rings. The molecule has 5 aromatic rings. The molecule has 3 aliphatic rings. The van der Waals surface area contributed by atoms with Gasteiger partial charge in [-0.05, 0) is 79.3 Å². The molecular formula is C45H37NO5. The van der Waals surface area contributed by atoms with Gasteiger partial charge in [0.15, 0.2) is 11.6 Å². The highest BCUT2D eigenvalue weighted by Gasteiger charge is 2.82. The minimum absolute atomic E-state index is 0.183. The second kappa shape index (κ2) is 11.9. The van der Waals surface area contributed by atoms with Crippen LogP contribution in [-0.2, 0) is 25.2 Å². The van der Waals surface area contributed by atoms with Crippen LogP contribution >= 0.6 is 0 Å². The average Bonchev–Trinajstić information content (AvgIpc) is 3.65. The Balaban J connectivity index is 1.53. The van der Waals surface area contributed by atoms with Crippen molar-refractivity contribution in [2.45, 2.75) is 38.5 Å². The van der Waals surface area contributed by atoms with Gasteiger partial charge in [0, 0.05) is 5.56 Å². The highest BCUT2D eigenvalue weighted by atomic mass is 16.5. The van der Waals surface area contributed by atoms with Gasteiger partial charge in [0.05, 0.1) is 35.0 Å². The summed E-state index contributed by atoms with van der Waals surface area (Å²) < 4.78 is 5.98. The monoisotopic (exact) mass is 671 g/mol. The number of allylic oxidation sites excluding steroid dienone is 2. The maximum atomic E-state index is 16.1. The van der Waals surface area contributed by atoms with E-state index < -0.39 is 34.5 Å². The molecule has 0 spiro atoms. The zero-order valence-corrected chi connectivity index (χ0v) is 29.0. The van der Waals surface area contributed by atoms with Crippen LogP contribution < -0.4 is 9.64 Å². The number of amides is 2. The van der Waals surface area contributed by atoms with Crippen LogP contribution in [-0.4, -0.2) is 30.0 Å². The maximum absolute atomic E-state index is 16.1. The number of ether oxygens (including phenoxy) is 1. The van der Waals surface area contributed by atoms with Gasteiger partial charge >= 0.3 is 0 Å². The number of imide groups is 1. The van der Waals surface area contributed by atoms with Crippen molar-refractivity contribution >= 4 is 40.2 Å². The summed E-state index contributed by atoms with van der Waals surface area (Å²) in [7, 11) is 0. The van der Waals surface area contributed by atoms with Crippen molar-refractivity contribution in [2.24, 2.45) is 11.8 Å². The van der Waals surface area contributed by atoms with Crippen LogP contribution in [0.15, 0.2) is 127 Å². The normalized spacial score (nSPS) is 23.6. The number of carbonyl (C=O) groups is 4. The van der Waals surface area contributed by atoms with Gasteiger partial charge in [-0.1, -0.05) is 120 Å². The fourth-order valence-corrected chi connectivity index (χ4v) is 8.99. The second-order valence-corrected chi connectivity index (χ2v) is 13.8. The molecule has 0 N–H and O–H groups in total. The van der Waals surface area contributed by atoms with E-state index in [9.17, 15) is 4.79 Å². The largest absolute Gasteiger partial charge is 0.492 e. The van der Waals surface area contributed by atoms with Crippen LogP contribution in [0.3, 0.4) is 0 Å². The molecule has 1 aliphatic heterocycles. The number of fused-ring (bicyclic) bond motifs is 5. The van der Waals surface area contributed by atoms with Gasteiger partial charge in [-0.15, -0.1) is 0 Å². The number of benzene rings is 5. The fourth-order valence-electron chi connectivity index (χ4n) is 8.99. The van der Waals surface area contributed by atoms with Gasteiger partial charge in [0.1, 0.15) is 5.75 Å². The molecule has 4 atom stereocenters. The van der Waals surface area contributed by atoms with Crippen LogP contribution in [0.1, 0.15) is 57.6 Å². The zero-order valence-electron chi connectivity index (χ0n) is 29.0. The molecular weight excluding hydrogens is 634 g/mol. The Morgan fingerprint density at radius 3 is 1.51 bits per heavy atom. The van der Waals surface area contributed by atoms with E-state index in [2.05, 4.69) is 0 Å². The van der Waals surface area contributed by atoms with E-state index in [1.54, 1.807) is 18.2 Å². The summed E-state index contributed by atoms with van der Waals surface area (Å²) in [6, 6.07) is 39.9. The van der Waals surface area contributed by atoms with Gasteiger partial charge in [0.2, 0.25) is 11.8 Å². The minimum Gasteiger partial charge on any atom is -0.492 e. The fraction of sp³-hybridized carbons (Fsp3) is 0.200. The van der Waals surface area contributed by atoms with Gasteiger partial charge in [-0.25, -0.2) is 4.90 Å². The highest BCUT2D eigenvalue weighted by molar-refractivity contribution is 6.39. The van der Waals surface area contributed by atoms with E-state index in [-0.39, 0.29) is 23.9 Å². The summed E-state index contributed by atoms with van der Waals surface area (Å²) >= 11 is 0. The third-order valence-electron chi connectivity index (χ3n) is 11.0. The maximum Gasteiger partial charge on any atom is 0.239 e. The lowest BCUT2D eigenvalue weighted by Gasteiger charge is -2.39. The van der Waals surface area contributed by atoms with Gasteiger partial charge < -0.3 is 4.74 Å².